The summed E-state index contributed by atoms with van der Waals surface area (Å²) in [7, 11) is -0.656. The molecule has 0 heterocycles. The molecule has 0 amide bonds. The second-order valence-corrected chi connectivity index (χ2v) is 8.83. The van der Waals surface area contributed by atoms with Crippen LogP contribution in [0.1, 0.15) is 62.3 Å². The van der Waals surface area contributed by atoms with E-state index >= 15 is 0 Å². The van der Waals surface area contributed by atoms with Crippen LogP contribution in [0.25, 0.3) is 0 Å². The second kappa shape index (κ2) is 16.0. The van der Waals surface area contributed by atoms with Crippen molar-refractivity contribution < 1.29 is 59.6 Å². The van der Waals surface area contributed by atoms with Crippen LogP contribution < -0.4 is 0 Å². The van der Waals surface area contributed by atoms with Gasteiger partial charge in [0.15, 0.2) is 0 Å². The average molecular weight is 452 g/mol. The van der Waals surface area contributed by atoms with Crippen molar-refractivity contribution in [2.75, 3.05) is 21.3 Å². The average Bonchev–Trinajstić information content (AvgIpc) is 2.28. The van der Waals surface area contributed by atoms with Crippen LogP contribution >= 0.6 is 0 Å². The number of aliphatic hydroxyl groups excluding tert-OH is 3. The van der Waals surface area contributed by atoms with E-state index in [1.165, 1.54) is 0 Å². The molecule has 0 aromatic heterocycles. The first-order valence-electron chi connectivity index (χ1n) is 7.29. The molecule has 0 rings (SSSR count). The molecular weight excluding hydrogens is 411 g/mol. The Bertz CT molecular complexity index is 217. The van der Waals surface area contributed by atoms with E-state index in [0.29, 0.717) is 0 Å². The first-order valence-corrected chi connectivity index (χ1v) is 8.96. The van der Waals surface area contributed by atoms with Crippen molar-refractivity contribution >= 4 is 9.05 Å². The summed E-state index contributed by atoms with van der Waals surface area (Å²) < 4.78 is 16.9. The van der Waals surface area contributed by atoms with Gasteiger partial charge in [0.2, 0.25) is 0 Å². The maximum atomic E-state index is 10.5. The van der Waals surface area contributed by atoms with Crippen molar-refractivity contribution in [1.82, 2.24) is 0 Å². The first kappa shape index (κ1) is 35.8. The maximum Gasteiger partial charge on any atom is 0.678 e. The third-order valence-corrected chi connectivity index (χ3v) is 3.92. The third kappa shape index (κ3) is 30.7. The molecule has 0 fully saturated rings. The molecule has 7 nitrogen and oxygen atoms in total. The predicted molar refractivity (Wildman–Crippen MR) is 94.9 cm³/mol. The van der Waals surface area contributed by atoms with Crippen molar-refractivity contribution in [3.63, 3.8) is 0 Å². The van der Waals surface area contributed by atoms with Gasteiger partial charge in [-0.2, -0.15) is 0 Å². The Morgan fingerprint density at radius 3 is 0.708 bits per heavy atom. The van der Waals surface area contributed by atoms with E-state index in [9.17, 15) is 4.80 Å². The number of hydrogen-bond acceptors (Lipinski definition) is 7. The molecule has 0 saturated carbocycles. The van der Waals surface area contributed by atoms with Crippen LogP contribution in [-0.4, -0.2) is 67.3 Å². The van der Waals surface area contributed by atoms with Crippen molar-refractivity contribution in [1.29, 1.82) is 0 Å². The van der Waals surface area contributed by atoms with Gasteiger partial charge in [-0.25, -0.2) is 0 Å². The molecule has 0 aliphatic heterocycles. The van der Waals surface area contributed by atoms with Gasteiger partial charge in [0.1, 0.15) is 0 Å². The molecule has 24 heavy (non-hydrogen) atoms. The molecule has 4 N–H and O–H groups in total. The van der Waals surface area contributed by atoms with Gasteiger partial charge in [-0.05, 0) is 62.3 Å². The molecule has 0 atom stereocenters. The van der Waals surface area contributed by atoms with E-state index in [4.69, 9.17) is 28.6 Å². The van der Waals surface area contributed by atoms with Crippen LogP contribution in [0.3, 0.4) is 0 Å². The van der Waals surface area contributed by atoms with Crippen molar-refractivity contribution in [2.45, 2.75) is 79.1 Å². The summed E-state index contributed by atoms with van der Waals surface area (Å²) in [5, 5.41) is 21.0. The summed E-state index contributed by atoms with van der Waals surface area (Å²) >= 11 is 0. The largest absolute Gasteiger partial charge is 0.678 e. The summed E-state index contributed by atoms with van der Waals surface area (Å²) in [6.45, 7) is 16.8. The fraction of sp³-hybridized carbons (Fsp3) is 1.00. The van der Waals surface area contributed by atoms with Crippen LogP contribution in [0.2, 0.25) is 0 Å². The van der Waals surface area contributed by atoms with Gasteiger partial charge in [0.25, 0.3) is 0 Å². The van der Waals surface area contributed by atoms with Gasteiger partial charge < -0.3 is 33.4 Å². The Labute approximate surface area is 169 Å². The quantitative estimate of drug-likeness (QED) is 0.483. The summed E-state index contributed by atoms with van der Waals surface area (Å²) in [6, 6.07) is 0. The predicted octanol–water partition coefficient (Wildman–Crippen LogP) is 1.68. The standard InChI is InChI=1S/C12H28O4Si.3CH4O.Zr/c1-10(2,3)14-17(13,15-11(4,5)6)16-12(7,8)9;3*1-2;/h13H,1-9H3;3*2H,1H3;. The molecule has 0 radical (unpaired) electrons. The summed E-state index contributed by atoms with van der Waals surface area (Å²) in [5.74, 6) is 0. The van der Waals surface area contributed by atoms with Crippen LogP contribution in [0.15, 0.2) is 0 Å². The maximum absolute atomic E-state index is 10.5. The minimum atomic E-state index is -3.66. The van der Waals surface area contributed by atoms with Crippen LogP contribution in [0.4, 0.5) is 0 Å². The Hall–Kier alpha value is 0.820. The molecule has 0 aliphatic rings. The molecule has 0 saturated heterocycles. The number of rotatable bonds is 3. The van der Waals surface area contributed by atoms with E-state index in [1.54, 1.807) is 0 Å². The van der Waals surface area contributed by atoms with Gasteiger partial charge in [0, 0.05) is 47.5 Å². The van der Waals surface area contributed by atoms with Crippen LogP contribution in [0.5, 0.6) is 0 Å². The van der Waals surface area contributed by atoms with Crippen molar-refractivity contribution in [3.8, 4) is 0 Å². The Balaban J connectivity index is -0.000000153. The topological polar surface area (TPSA) is 109 Å². The smallest absolute Gasteiger partial charge is 0.400 e. The van der Waals surface area contributed by atoms with Crippen molar-refractivity contribution in [2.24, 2.45) is 0 Å². The van der Waals surface area contributed by atoms with Crippen LogP contribution in [0, 0.1) is 0 Å². The normalized spacial score (nSPS) is 11.5. The van der Waals surface area contributed by atoms with E-state index in [0.717, 1.165) is 21.3 Å². The minimum Gasteiger partial charge on any atom is -0.400 e. The monoisotopic (exact) mass is 450 g/mol. The van der Waals surface area contributed by atoms with Gasteiger partial charge in [-0.3, -0.25) is 0 Å². The van der Waals surface area contributed by atoms with E-state index in [1.807, 2.05) is 62.3 Å². The van der Waals surface area contributed by atoms with Gasteiger partial charge >= 0.3 is 9.05 Å². The molecule has 150 valence electrons. The molecule has 0 aliphatic carbocycles. The second-order valence-electron chi connectivity index (χ2n) is 7.17. The van der Waals surface area contributed by atoms with Gasteiger partial charge in [-0.1, -0.05) is 0 Å². The Morgan fingerprint density at radius 1 is 0.500 bits per heavy atom. The molecule has 0 bridgehead atoms. The Kier molecular flexibility index (Phi) is 23.9. The fourth-order valence-electron chi connectivity index (χ4n) is 1.22. The van der Waals surface area contributed by atoms with E-state index in [2.05, 4.69) is 0 Å². The molecular formula is C15H40O7SiZr. The zero-order valence-electron chi connectivity index (χ0n) is 17.5. The Morgan fingerprint density at radius 2 is 0.625 bits per heavy atom. The first-order chi connectivity index (χ1) is 10.1. The molecule has 0 aromatic rings. The van der Waals surface area contributed by atoms with Gasteiger partial charge in [0.05, 0.1) is 16.8 Å². The summed E-state index contributed by atoms with van der Waals surface area (Å²) in [5.41, 5.74) is -1.55. The molecule has 0 unspecified atom stereocenters. The van der Waals surface area contributed by atoms with Crippen molar-refractivity contribution in [3.05, 3.63) is 0 Å². The molecule has 0 spiro atoms. The number of hydrogen-bond donors (Lipinski definition) is 4. The van der Waals surface area contributed by atoms with Crippen LogP contribution in [-0.2, 0) is 39.5 Å². The van der Waals surface area contributed by atoms with E-state index in [-0.39, 0.29) is 26.2 Å². The zero-order valence-corrected chi connectivity index (χ0v) is 21.0. The van der Waals surface area contributed by atoms with E-state index < -0.39 is 25.9 Å². The number of aliphatic hydroxyl groups is 3. The summed E-state index contributed by atoms with van der Waals surface area (Å²) in [4.78, 5) is 10.5. The third-order valence-electron chi connectivity index (χ3n) is 1.31. The molecule has 0 aromatic carbocycles. The summed E-state index contributed by atoms with van der Waals surface area (Å²) in [6.07, 6.45) is 0. The zero-order chi connectivity index (χ0) is 20.1. The van der Waals surface area contributed by atoms with Gasteiger partial charge in [-0.15, -0.1) is 0 Å². The molecule has 9 heteroatoms. The SMILES string of the molecule is CC(C)(C)O[Si](O)(OC(C)(C)C)OC(C)(C)C.CO.CO.CO.[Zr]. The fourth-order valence-corrected chi connectivity index (χ4v) is 3.67. The minimum absolute atomic E-state index is 0.